The molecule has 41 heavy (non-hydrogen) atoms. The maximum absolute atomic E-state index is 12.4. The molecule has 0 atom stereocenters. The average molecular weight is 583 g/mol. The summed E-state index contributed by atoms with van der Waals surface area (Å²) in [5, 5.41) is 24.8. The van der Waals surface area contributed by atoms with Crippen molar-refractivity contribution in [2.75, 3.05) is 25.2 Å². The van der Waals surface area contributed by atoms with Crippen molar-refractivity contribution in [3.63, 3.8) is 0 Å². The Hall–Kier alpha value is -4.53. The molecular weight excluding hydrogens is 552 g/mol. The molecule has 0 aliphatic heterocycles. The van der Waals surface area contributed by atoms with E-state index in [1.54, 1.807) is 36.4 Å². The molecular formula is C27H30N6O7S. The third-order valence-electron chi connectivity index (χ3n) is 5.94. The normalized spacial score (nSPS) is 11.8. The number of esters is 1. The maximum Gasteiger partial charge on any atom is 0.340 e. The second kappa shape index (κ2) is 14.2. The van der Waals surface area contributed by atoms with Crippen molar-refractivity contribution >= 4 is 56.0 Å². The van der Waals surface area contributed by atoms with Crippen molar-refractivity contribution in [2.24, 2.45) is 20.5 Å². The fourth-order valence-corrected chi connectivity index (χ4v) is 4.37. The van der Waals surface area contributed by atoms with Crippen molar-refractivity contribution in [3.05, 3.63) is 65.7 Å². The highest BCUT2D eigenvalue weighted by Gasteiger charge is 2.22. The Bertz CT molecular complexity index is 1570. The summed E-state index contributed by atoms with van der Waals surface area (Å²) in [7, 11) is -3.62. The van der Waals surface area contributed by atoms with Crippen LogP contribution in [0.1, 0.15) is 52.8 Å². The van der Waals surface area contributed by atoms with Crippen LogP contribution < -0.4 is 11.5 Å². The second-order valence-corrected chi connectivity index (χ2v) is 10.2. The third kappa shape index (κ3) is 8.23. The summed E-state index contributed by atoms with van der Waals surface area (Å²) >= 11 is 0. The first kappa shape index (κ1) is 31.0. The largest absolute Gasteiger partial charge is 0.465 e. The number of azo groups is 2. The number of Topliss-reactive ketones (excluding diaryl/α,β-unsaturated/α-hetero) is 1. The zero-order chi connectivity index (χ0) is 30.0. The number of hydrogen-bond donors (Lipinski definition) is 4. The summed E-state index contributed by atoms with van der Waals surface area (Å²) in [6, 6.07) is 13.3. The van der Waals surface area contributed by atoms with Gasteiger partial charge in [0.15, 0.2) is 5.78 Å². The zero-order valence-electron chi connectivity index (χ0n) is 22.2. The molecule has 3 aromatic carbocycles. The minimum Gasteiger partial charge on any atom is -0.465 e. The first-order valence-corrected chi connectivity index (χ1v) is 13.9. The van der Waals surface area contributed by atoms with Crippen LogP contribution in [0, 0.1) is 0 Å². The van der Waals surface area contributed by atoms with Crippen molar-refractivity contribution in [1.82, 2.24) is 0 Å². The van der Waals surface area contributed by atoms with E-state index in [2.05, 4.69) is 20.5 Å². The lowest BCUT2D eigenvalue weighted by Gasteiger charge is -2.10. The monoisotopic (exact) mass is 582 g/mol. The number of ketones is 1. The zero-order valence-corrected chi connectivity index (χ0v) is 23.0. The van der Waals surface area contributed by atoms with Crippen LogP contribution in [-0.4, -0.2) is 43.5 Å². The minimum absolute atomic E-state index is 0.0318. The van der Waals surface area contributed by atoms with Gasteiger partial charge in [0.1, 0.15) is 22.0 Å². The maximum atomic E-state index is 12.4. The van der Waals surface area contributed by atoms with Gasteiger partial charge in [0.2, 0.25) is 0 Å². The molecule has 0 aliphatic carbocycles. The molecule has 6 N–H and O–H groups in total. The van der Waals surface area contributed by atoms with Gasteiger partial charge in [-0.2, -0.15) is 13.5 Å². The van der Waals surface area contributed by atoms with Crippen LogP contribution in [-0.2, 0) is 14.9 Å². The molecule has 0 fully saturated rings. The van der Waals surface area contributed by atoms with Gasteiger partial charge < -0.3 is 21.3 Å². The number of benzene rings is 3. The summed E-state index contributed by atoms with van der Waals surface area (Å²) in [5.41, 5.74) is 12.0. The molecule has 0 saturated heterocycles. The summed E-state index contributed by atoms with van der Waals surface area (Å²) in [4.78, 5) is 23.7. The van der Waals surface area contributed by atoms with Gasteiger partial charge in [-0.15, -0.1) is 15.3 Å². The smallest absolute Gasteiger partial charge is 0.340 e. The Balaban J connectivity index is 1.90. The van der Waals surface area contributed by atoms with Crippen molar-refractivity contribution in [2.45, 2.75) is 37.0 Å². The van der Waals surface area contributed by atoms with Gasteiger partial charge in [-0.3, -0.25) is 9.35 Å². The molecule has 3 aromatic rings. The number of aliphatic hydroxyl groups is 1. The number of anilines is 2. The van der Waals surface area contributed by atoms with E-state index < -0.39 is 26.7 Å². The molecule has 216 valence electrons. The van der Waals surface area contributed by atoms with Crippen molar-refractivity contribution < 1.29 is 32.4 Å². The lowest BCUT2D eigenvalue weighted by atomic mass is 10.0. The summed E-state index contributed by atoms with van der Waals surface area (Å²) in [6.07, 6.45) is 3.52. The summed E-state index contributed by atoms with van der Waals surface area (Å²) < 4.78 is 38.5. The molecule has 0 aliphatic rings. The SMILES string of the molecule is COC(=O)c1ccccc1N=Nc1cc(S(=O)(=O)O)c(N)c(N=Nc2ccc(C(=O)CCCCCCO)cc2)c1N. The summed E-state index contributed by atoms with van der Waals surface area (Å²) in [6.45, 7) is 0.137. The van der Waals surface area contributed by atoms with E-state index >= 15 is 0 Å². The standard InChI is InChI=1S/C27H30N6O7S/c1-40-27(36)19-8-5-6-9-20(19)31-32-21-16-23(41(37,38)39)25(29)26(24(21)28)33-30-18-13-11-17(12-14-18)22(35)10-4-2-3-7-15-34/h5-6,8-9,11-14,16,34H,2-4,7,10,15,28-29H2,1H3,(H,37,38,39). The molecule has 0 radical (unpaired) electrons. The molecule has 3 rings (SSSR count). The van der Waals surface area contributed by atoms with Crippen LogP contribution in [0.3, 0.4) is 0 Å². The van der Waals surface area contributed by atoms with E-state index in [1.807, 2.05) is 0 Å². The molecule has 13 nitrogen and oxygen atoms in total. The second-order valence-electron chi connectivity index (χ2n) is 8.81. The number of aliphatic hydroxyl groups excluding tert-OH is 1. The number of nitrogens with two attached hydrogens (primary N) is 2. The number of carbonyl (C=O) groups excluding carboxylic acids is 2. The van der Waals surface area contributed by atoms with Crippen LogP contribution in [0.25, 0.3) is 0 Å². The minimum atomic E-state index is -4.82. The molecule has 0 bridgehead atoms. The van der Waals surface area contributed by atoms with E-state index in [9.17, 15) is 22.6 Å². The number of nitrogens with zero attached hydrogens (tertiary/aromatic N) is 4. The Labute approximate surface area is 236 Å². The number of rotatable bonds is 13. The van der Waals surface area contributed by atoms with E-state index in [0.717, 1.165) is 25.3 Å². The van der Waals surface area contributed by atoms with Gasteiger partial charge in [0, 0.05) is 18.6 Å². The molecule has 0 aromatic heterocycles. The van der Waals surface area contributed by atoms with Crippen molar-refractivity contribution in [3.8, 4) is 0 Å². The van der Waals surface area contributed by atoms with Crippen LogP contribution in [0.15, 0.2) is 79.9 Å². The van der Waals surface area contributed by atoms with Crippen molar-refractivity contribution in [1.29, 1.82) is 0 Å². The number of nitrogen functional groups attached to an aromatic ring is 2. The lowest BCUT2D eigenvalue weighted by molar-refractivity contribution is 0.0601. The molecule has 0 amide bonds. The van der Waals surface area contributed by atoms with Crippen LogP contribution in [0.5, 0.6) is 0 Å². The molecule has 0 unspecified atom stereocenters. The number of ether oxygens (including phenoxy) is 1. The summed E-state index contributed by atoms with van der Waals surface area (Å²) in [5.74, 6) is -0.695. The Morgan fingerprint density at radius 3 is 2.17 bits per heavy atom. The fraction of sp³-hybridized carbons (Fsp3) is 0.259. The number of carbonyl (C=O) groups is 2. The Morgan fingerprint density at radius 2 is 1.51 bits per heavy atom. The van der Waals surface area contributed by atoms with Gasteiger partial charge >= 0.3 is 5.97 Å². The topological polar surface area (TPSA) is 219 Å². The van der Waals surface area contributed by atoms with E-state index in [1.165, 1.54) is 19.2 Å². The quantitative estimate of drug-likeness (QED) is 0.0474. The van der Waals surface area contributed by atoms with Gasteiger partial charge in [-0.25, -0.2) is 4.79 Å². The van der Waals surface area contributed by atoms with E-state index in [0.29, 0.717) is 24.1 Å². The van der Waals surface area contributed by atoms with Crippen LogP contribution in [0.2, 0.25) is 0 Å². The highest BCUT2D eigenvalue weighted by Crippen LogP contribution is 2.43. The molecule has 0 saturated carbocycles. The molecule has 14 heteroatoms. The van der Waals surface area contributed by atoms with Gasteiger partial charge in [0.05, 0.1) is 29.7 Å². The first-order valence-electron chi connectivity index (χ1n) is 12.5. The number of hydrogen-bond acceptors (Lipinski definition) is 12. The van der Waals surface area contributed by atoms with Gasteiger partial charge in [-0.05, 0) is 55.3 Å². The highest BCUT2D eigenvalue weighted by atomic mass is 32.2. The molecule has 0 heterocycles. The predicted molar refractivity (Wildman–Crippen MR) is 152 cm³/mol. The van der Waals surface area contributed by atoms with Crippen LogP contribution >= 0.6 is 0 Å². The Morgan fingerprint density at radius 1 is 0.854 bits per heavy atom. The first-order chi connectivity index (χ1) is 19.6. The predicted octanol–water partition coefficient (Wildman–Crippen LogP) is 5.84. The fourth-order valence-electron chi connectivity index (χ4n) is 3.73. The van der Waals surface area contributed by atoms with Gasteiger partial charge in [0.25, 0.3) is 10.1 Å². The number of unbranched alkanes of at least 4 members (excludes halogenated alkanes) is 3. The van der Waals surface area contributed by atoms with E-state index in [4.69, 9.17) is 21.3 Å². The lowest BCUT2D eigenvalue weighted by Crippen LogP contribution is -2.05. The van der Waals surface area contributed by atoms with Gasteiger partial charge in [-0.1, -0.05) is 25.0 Å². The highest BCUT2D eigenvalue weighted by molar-refractivity contribution is 7.86. The van der Waals surface area contributed by atoms with Crippen LogP contribution in [0.4, 0.5) is 34.1 Å². The third-order valence-corrected chi connectivity index (χ3v) is 6.83. The number of methoxy groups -OCH3 is 1. The Kier molecular flexibility index (Phi) is 10.7. The van der Waals surface area contributed by atoms with E-state index in [-0.39, 0.29) is 40.7 Å². The average Bonchev–Trinajstić information content (AvgIpc) is 2.95. The molecule has 0 spiro atoms.